The molecule has 0 fully saturated rings. The minimum absolute atomic E-state index is 0.421. The normalized spacial score (nSPS) is 11.3. The van der Waals surface area contributed by atoms with Gasteiger partial charge >= 0.3 is 0 Å². The van der Waals surface area contributed by atoms with Crippen LogP contribution in [0.2, 0.25) is 0 Å². The lowest BCUT2D eigenvalue weighted by atomic mass is 10.1. The lowest BCUT2D eigenvalue weighted by molar-refractivity contribution is 0.787. The molecule has 3 aromatic rings. The molecule has 0 aliphatic carbocycles. The molecule has 0 aliphatic heterocycles. The Bertz CT molecular complexity index is 670. The van der Waals surface area contributed by atoms with E-state index in [0.29, 0.717) is 5.92 Å². The Hall–Kier alpha value is -1.88. The second kappa shape index (κ2) is 5.01. The third-order valence-electron chi connectivity index (χ3n) is 3.04. The molecular formula is C14H16N4S. The zero-order valence-electron chi connectivity index (χ0n) is 11.0. The summed E-state index contributed by atoms with van der Waals surface area (Å²) in [5.41, 5.74) is 3.39. The van der Waals surface area contributed by atoms with E-state index in [1.165, 1.54) is 5.56 Å². The molecule has 0 aromatic carbocycles. The monoisotopic (exact) mass is 272 g/mol. The van der Waals surface area contributed by atoms with Gasteiger partial charge in [0.1, 0.15) is 5.52 Å². The molecule has 0 amide bonds. The Kier molecular flexibility index (Phi) is 3.21. The van der Waals surface area contributed by atoms with E-state index < -0.39 is 0 Å². The minimum Gasteiger partial charge on any atom is -0.364 e. The van der Waals surface area contributed by atoms with Crippen LogP contribution < -0.4 is 5.32 Å². The zero-order valence-corrected chi connectivity index (χ0v) is 11.8. The largest absolute Gasteiger partial charge is 0.364 e. The topological polar surface area (TPSA) is 42.2 Å². The Morgan fingerprint density at radius 2 is 2.32 bits per heavy atom. The standard InChI is InChI=1S/C14H16N4S/c1-10(2)12-7-13-14(15-4-5-18(13)17-12)16-8-11-3-6-19-9-11/h3-7,9-10H,8H2,1-2H3,(H,15,16). The third-order valence-corrected chi connectivity index (χ3v) is 3.77. The molecule has 4 nitrogen and oxygen atoms in total. The lowest BCUT2D eigenvalue weighted by Crippen LogP contribution is -2.02. The summed E-state index contributed by atoms with van der Waals surface area (Å²) in [6, 6.07) is 4.22. The fourth-order valence-electron chi connectivity index (χ4n) is 1.94. The highest BCUT2D eigenvalue weighted by atomic mass is 32.1. The molecule has 0 aliphatic rings. The smallest absolute Gasteiger partial charge is 0.152 e. The van der Waals surface area contributed by atoms with Gasteiger partial charge in [-0.05, 0) is 34.4 Å². The van der Waals surface area contributed by atoms with E-state index in [-0.39, 0.29) is 0 Å². The molecule has 1 N–H and O–H groups in total. The van der Waals surface area contributed by atoms with Gasteiger partial charge in [-0.15, -0.1) is 0 Å². The van der Waals surface area contributed by atoms with E-state index in [1.807, 2.05) is 10.7 Å². The average molecular weight is 272 g/mol. The molecule has 3 aromatic heterocycles. The van der Waals surface area contributed by atoms with Crippen LogP contribution in [-0.4, -0.2) is 14.6 Å². The highest BCUT2D eigenvalue weighted by molar-refractivity contribution is 7.07. The van der Waals surface area contributed by atoms with Gasteiger partial charge in [0.15, 0.2) is 5.82 Å². The fraction of sp³-hybridized carbons (Fsp3) is 0.286. The molecule has 3 rings (SSSR count). The molecule has 0 atom stereocenters. The average Bonchev–Trinajstić information content (AvgIpc) is 3.05. The van der Waals surface area contributed by atoms with Crippen LogP contribution in [0, 0.1) is 0 Å². The van der Waals surface area contributed by atoms with Gasteiger partial charge < -0.3 is 5.32 Å². The summed E-state index contributed by atoms with van der Waals surface area (Å²) < 4.78 is 1.89. The van der Waals surface area contributed by atoms with Gasteiger partial charge in [0.2, 0.25) is 0 Å². The molecule has 0 bridgehead atoms. The number of rotatable bonds is 4. The highest BCUT2D eigenvalue weighted by Crippen LogP contribution is 2.20. The summed E-state index contributed by atoms with van der Waals surface area (Å²) in [4.78, 5) is 4.41. The maximum atomic E-state index is 4.56. The quantitative estimate of drug-likeness (QED) is 0.790. The van der Waals surface area contributed by atoms with E-state index in [2.05, 4.69) is 52.1 Å². The number of anilines is 1. The summed E-state index contributed by atoms with van der Waals surface area (Å²) in [7, 11) is 0. The first-order valence-corrected chi connectivity index (χ1v) is 7.27. The van der Waals surface area contributed by atoms with Gasteiger partial charge in [-0.3, -0.25) is 0 Å². The van der Waals surface area contributed by atoms with Gasteiger partial charge in [0.05, 0.1) is 5.69 Å². The molecule has 0 saturated carbocycles. The molecular weight excluding hydrogens is 256 g/mol. The molecule has 3 heterocycles. The van der Waals surface area contributed by atoms with E-state index in [4.69, 9.17) is 0 Å². The maximum Gasteiger partial charge on any atom is 0.152 e. The van der Waals surface area contributed by atoms with Gasteiger partial charge in [0, 0.05) is 18.9 Å². The number of nitrogens with one attached hydrogen (secondary N) is 1. The van der Waals surface area contributed by atoms with Crippen molar-refractivity contribution in [3.63, 3.8) is 0 Å². The SMILES string of the molecule is CC(C)c1cc2c(NCc3ccsc3)nccn2n1. The number of thiophene rings is 1. The van der Waals surface area contributed by atoms with Crippen molar-refractivity contribution < 1.29 is 0 Å². The Morgan fingerprint density at radius 3 is 3.05 bits per heavy atom. The number of fused-ring (bicyclic) bond motifs is 1. The number of aromatic nitrogens is 3. The molecule has 5 heteroatoms. The van der Waals surface area contributed by atoms with Gasteiger partial charge in [0.25, 0.3) is 0 Å². The Balaban J connectivity index is 1.90. The van der Waals surface area contributed by atoms with Gasteiger partial charge in [-0.1, -0.05) is 13.8 Å². The predicted molar refractivity (Wildman–Crippen MR) is 78.7 cm³/mol. The Labute approximate surface area is 116 Å². The lowest BCUT2D eigenvalue weighted by Gasteiger charge is -2.05. The van der Waals surface area contributed by atoms with Crippen molar-refractivity contribution in [1.29, 1.82) is 0 Å². The van der Waals surface area contributed by atoms with Crippen molar-refractivity contribution in [3.05, 3.63) is 46.5 Å². The molecule has 19 heavy (non-hydrogen) atoms. The number of nitrogens with zero attached hydrogens (tertiary/aromatic N) is 3. The molecule has 0 unspecified atom stereocenters. The molecule has 0 radical (unpaired) electrons. The Morgan fingerprint density at radius 1 is 1.42 bits per heavy atom. The minimum atomic E-state index is 0.421. The maximum absolute atomic E-state index is 4.56. The predicted octanol–water partition coefficient (Wildman–Crippen LogP) is 3.53. The molecule has 0 saturated heterocycles. The van der Waals surface area contributed by atoms with Crippen LogP contribution in [0.25, 0.3) is 5.52 Å². The summed E-state index contributed by atoms with van der Waals surface area (Å²) >= 11 is 1.71. The van der Waals surface area contributed by atoms with E-state index in [1.54, 1.807) is 17.5 Å². The number of hydrogen-bond acceptors (Lipinski definition) is 4. The van der Waals surface area contributed by atoms with Crippen molar-refractivity contribution in [2.75, 3.05) is 5.32 Å². The summed E-state index contributed by atoms with van der Waals surface area (Å²) in [5.74, 6) is 1.30. The van der Waals surface area contributed by atoms with Crippen molar-refractivity contribution >= 4 is 22.7 Å². The first-order chi connectivity index (χ1) is 9.24. The summed E-state index contributed by atoms with van der Waals surface area (Å²) in [5, 5.41) is 12.2. The van der Waals surface area contributed by atoms with Crippen LogP contribution in [0.1, 0.15) is 31.0 Å². The van der Waals surface area contributed by atoms with Gasteiger partial charge in [-0.25, -0.2) is 9.50 Å². The molecule has 98 valence electrons. The van der Waals surface area contributed by atoms with Crippen LogP contribution in [-0.2, 0) is 6.54 Å². The fourth-order valence-corrected chi connectivity index (χ4v) is 2.61. The second-order valence-electron chi connectivity index (χ2n) is 4.81. The van der Waals surface area contributed by atoms with Crippen molar-refractivity contribution in [2.24, 2.45) is 0 Å². The van der Waals surface area contributed by atoms with Crippen molar-refractivity contribution in [3.8, 4) is 0 Å². The van der Waals surface area contributed by atoms with Gasteiger partial charge in [-0.2, -0.15) is 16.4 Å². The van der Waals surface area contributed by atoms with E-state index >= 15 is 0 Å². The summed E-state index contributed by atoms with van der Waals surface area (Å²) in [6.07, 6.45) is 3.66. The first kappa shape index (κ1) is 12.2. The second-order valence-corrected chi connectivity index (χ2v) is 5.59. The molecule has 0 spiro atoms. The summed E-state index contributed by atoms with van der Waals surface area (Å²) in [6.45, 7) is 5.08. The zero-order chi connectivity index (χ0) is 13.2. The van der Waals surface area contributed by atoms with E-state index in [9.17, 15) is 0 Å². The van der Waals surface area contributed by atoms with E-state index in [0.717, 1.165) is 23.6 Å². The first-order valence-electron chi connectivity index (χ1n) is 6.33. The number of hydrogen-bond donors (Lipinski definition) is 1. The van der Waals surface area contributed by atoms with Crippen LogP contribution in [0.3, 0.4) is 0 Å². The van der Waals surface area contributed by atoms with Crippen molar-refractivity contribution in [1.82, 2.24) is 14.6 Å². The van der Waals surface area contributed by atoms with Crippen LogP contribution in [0.15, 0.2) is 35.3 Å². The van der Waals surface area contributed by atoms with Crippen LogP contribution in [0.5, 0.6) is 0 Å². The van der Waals surface area contributed by atoms with Crippen molar-refractivity contribution in [2.45, 2.75) is 26.3 Å². The highest BCUT2D eigenvalue weighted by Gasteiger charge is 2.09. The van der Waals surface area contributed by atoms with Crippen LogP contribution >= 0.6 is 11.3 Å². The third kappa shape index (κ3) is 2.46. The van der Waals surface area contributed by atoms with Crippen LogP contribution in [0.4, 0.5) is 5.82 Å².